The first-order chi connectivity index (χ1) is 11.6. The molecule has 2 aromatic carbocycles. The molecular weight excluding hydrogens is 300 g/mol. The van der Waals surface area contributed by atoms with Crippen molar-refractivity contribution in [3.8, 4) is 0 Å². The lowest BCUT2D eigenvalue weighted by Gasteiger charge is -2.21. The molecule has 0 saturated carbocycles. The summed E-state index contributed by atoms with van der Waals surface area (Å²) in [4.78, 5) is 25.6. The number of rotatable bonds is 7. The zero-order valence-electron chi connectivity index (χ0n) is 14.3. The molecule has 0 fully saturated rings. The van der Waals surface area contributed by atoms with Crippen molar-refractivity contribution in [3.63, 3.8) is 0 Å². The van der Waals surface area contributed by atoms with Crippen LogP contribution in [0.1, 0.15) is 23.6 Å². The quantitative estimate of drug-likeness (QED) is 0.851. The van der Waals surface area contributed by atoms with Gasteiger partial charge in [-0.15, -0.1) is 0 Å². The van der Waals surface area contributed by atoms with Crippen molar-refractivity contribution in [2.45, 2.75) is 26.8 Å². The minimum Gasteiger partial charge on any atom is -0.354 e. The predicted molar refractivity (Wildman–Crippen MR) is 95.4 cm³/mol. The van der Waals surface area contributed by atoms with Gasteiger partial charge in [0.1, 0.15) is 0 Å². The van der Waals surface area contributed by atoms with E-state index >= 15 is 0 Å². The first-order valence-electron chi connectivity index (χ1n) is 8.17. The average Bonchev–Trinajstić information content (AvgIpc) is 2.57. The summed E-state index contributed by atoms with van der Waals surface area (Å²) in [6.07, 6.45) is 0.366. The number of hydrogen-bond donors (Lipinski definition) is 1. The highest BCUT2D eigenvalue weighted by Crippen LogP contribution is 2.07. The van der Waals surface area contributed by atoms with E-state index in [2.05, 4.69) is 5.32 Å². The predicted octanol–water partition coefficient (Wildman–Crippen LogP) is 2.70. The van der Waals surface area contributed by atoms with Gasteiger partial charge in [-0.3, -0.25) is 9.59 Å². The molecule has 2 amide bonds. The SMILES string of the molecule is CC(=O)N(CCNC(=O)Cc1ccccc1C)Cc1ccccc1. The summed E-state index contributed by atoms with van der Waals surface area (Å²) in [6, 6.07) is 17.7. The summed E-state index contributed by atoms with van der Waals surface area (Å²) in [6.45, 7) is 5.07. The molecule has 0 saturated heterocycles. The summed E-state index contributed by atoms with van der Waals surface area (Å²) in [5, 5.41) is 2.90. The fourth-order valence-electron chi connectivity index (χ4n) is 2.53. The van der Waals surface area contributed by atoms with E-state index in [1.54, 1.807) is 11.8 Å². The van der Waals surface area contributed by atoms with Crippen molar-refractivity contribution in [2.75, 3.05) is 13.1 Å². The van der Waals surface area contributed by atoms with Gasteiger partial charge < -0.3 is 10.2 Å². The van der Waals surface area contributed by atoms with E-state index in [1.807, 2.05) is 61.5 Å². The molecule has 0 radical (unpaired) electrons. The van der Waals surface area contributed by atoms with Crippen LogP contribution in [0.15, 0.2) is 54.6 Å². The third kappa shape index (κ3) is 5.54. The lowest BCUT2D eigenvalue weighted by Crippen LogP contribution is -2.37. The minimum atomic E-state index is -0.0208. The fraction of sp³-hybridized carbons (Fsp3) is 0.300. The number of benzene rings is 2. The van der Waals surface area contributed by atoms with Crippen LogP contribution in [0, 0.1) is 6.92 Å². The molecule has 4 nitrogen and oxygen atoms in total. The Morgan fingerprint density at radius 1 is 1.00 bits per heavy atom. The Labute approximate surface area is 143 Å². The van der Waals surface area contributed by atoms with E-state index < -0.39 is 0 Å². The molecule has 0 bridgehead atoms. The highest BCUT2D eigenvalue weighted by atomic mass is 16.2. The Bertz CT molecular complexity index is 683. The molecule has 0 spiro atoms. The molecule has 4 heteroatoms. The molecule has 0 aliphatic carbocycles. The van der Waals surface area contributed by atoms with Crippen LogP contribution in [0.25, 0.3) is 0 Å². The monoisotopic (exact) mass is 324 g/mol. The molecule has 24 heavy (non-hydrogen) atoms. The summed E-state index contributed by atoms with van der Waals surface area (Å²) < 4.78 is 0. The first-order valence-corrected chi connectivity index (χ1v) is 8.17. The van der Waals surface area contributed by atoms with Crippen molar-refractivity contribution < 1.29 is 9.59 Å². The van der Waals surface area contributed by atoms with Crippen molar-refractivity contribution >= 4 is 11.8 Å². The zero-order valence-corrected chi connectivity index (χ0v) is 14.3. The third-order valence-electron chi connectivity index (χ3n) is 3.98. The van der Waals surface area contributed by atoms with Crippen molar-refractivity contribution in [1.29, 1.82) is 0 Å². The second kappa shape index (κ2) is 8.87. The zero-order chi connectivity index (χ0) is 17.4. The molecule has 126 valence electrons. The van der Waals surface area contributed by atoms with E-state index in [0.717, 1.165) is 16.7 Å². The molecule has 0 aromatic heterocycles. The Morgan fingerprint density at radius 2 is 1.67 bits per heavy atom. The van der Waals surface area contributed by atoms with Gasteiger partial charge in [0.15, 0.2) is 0 Å². The molecule has 2 aromatic rings. The van der Waals surface area contributed by atoms with Crippen LogP contribution >= 0.6 is 0 Å². The summed E-state index contributed by atoms with van der Waals surface area (Å²) >= 11 is 0. The summed E-state index contributed by atoms with van der Waals surface area (Å²) in [7, 11) is 0. The molecule has 0 atom stereocenters. The number of nitrogens with one attached hydrogen (secondary N) is 1. The molecule has 1 N–H and O–H groups in total. The van der Waals surface area contributed by atoms with Crippen molar-refractivity contribution in [3.05, 3.63) is 71.3 Å². The van der Waals surface area contributed by atoms with Crippen LogP contribution in [0.3, 0.4) is 0 Å². The van der Waals surface area contributed by atoms with E-state index in [4.69, 9.17) is 0 Å². The molecule has 0 heterocycles. The van der Waals surface area contributed by atoms with Gasteiger partial charge in [0.25, 0.3) is 0 Å². The summed E-state index contributed by atoms with van der Waals surface area (Å²) in [5.41, 5.74) is 3.23. The van der Waals surface area contributed by atoms with Crippen LogP contribution in [0.2, 0.25) is 0 Å². The fourth-order valence-corrected chi connectivity index (χ4v) is 2.53. The lowest BCUT2D eigenvalue weighted by molar-refractivity contribution is -0.130. The molecule has 0 aliphatic rings. The second-order valence-electron chi connectivity index (χ2n) is 5.88. The normalized spacial score (nSPS) is 10.2. The number of carbonyl (C=O) groups is 2. The van der Waals surface area contributed by atoms with Gasteiger partial charge in [-0.2, -0.15) is 0 Å². The maximum Gasteiger partial charge on any atom is 0.224 e. The number of amides is 2. The first kappa shape index (κ1) is 17.7. The summed E-state index contributed by atoms with van der Waals surface area (Å²) in [5.74, 6) is -0.0143. The maximum atomic E-state index is 12.1. The van der Waals surface area contributed by atoms with Gasteiger partial charge in [0.05, 0.1) is 6.42 Å². The molecule has 2 rings (SSSR count). The number of hydrogen-bond acceptors (Lipinski definition) is 2. The minimum absolute atomic E-state index is 0.00649. The Kier molecular flexibility index (Phi) is 6.55. The standard InChI is InChI=1S/C20H24N2O2/c1-16-8-6-7-11-19(16)14-20(24)21-12-13-22(17(2)23)15-18-9-4-3-5-10-18/h3-11H,12-15H2,1-2H3,(H,21,24). The molecule has 0 unspecified atom stereocenters. The Balaban J connectivity index is 1.81. The van der Waals surface area contributed by atoms with Crippen molar-refractivity contribution in [1.82, 2.24) is 10.2 Å². The lowest BCUT2D eigenvalue weighted by atomic mass is 10.1. The molecular formula is C20H24N2O2. The number of carbonyl (C=O) groups excluding carboxylic acids is 2. The number of aryl methyl sites for hydroxylation is 1. The van der Waals surface area contributed by atoms with Crippen molar-refractivity contribution in [2.24, 2.45) is 0 Å². The van der Waals surface area contributed by atoms with E-state index in [0.29, 0.717) is 26.1 Å². The van der Waals surface area contributed by atoms with Gasteiger partial charge in [-0.1, -0.05) is 54.6 Å². The van der Waals surface area contributed by atoms with Crippen LogP contribution in [0.4, 0.5) is 0 Å². The van der Waals surface area contributed by atoms with Gasteiger partial charge in [0, 0.05) is 26.6 Å². The Hall–Kier alpha value is -2.62. The maximum absolute atomic E-state index is 12.1. The van der Waals surface area contributed by atoms with Gasteiger partial charge in [-0.05, 0) is 23.6 Å². The van der Waals surface area contributed by atoms with E-state index in [1.165, 1.54) is 0 Å². The van der Waals surface area contributed by atoms with Crippen LogP contribution in [-0.4, -0.2) is 29.8 Å². The van der Waals surface area contributed by atoms with Gasteiger partial charge in [-0.25, -0.2) is 0 Å². The highest BCUT2D eigenvalue weighted by Gasteiger charge is 2.10. The van der Waals surface area contributed by atoms with Crippen LogP contribution < -0.4 is 5.32 Å². The smallest absolute Gasteiger partial charge is 0.224 e. The van der Waals surface area contributed by atoms with Gasteiger partial charge >= 0.3 is 0 Å². The van der Waals surface area contributed by atoms with Crippen LogP contribution in [-0.2, 0) is 22.6 Å². The average molecular weight is 324 g/mol. The van der Waals surface area contributed by atoms with E-state index in [-0.39, 0.29) is 11.8 Å². The largest absolute Gasteiger partial charge is 0.354 e. The second-order valence-corrected chi connectivity index (χ2v) is 5.88. The highest BCUT2D eigenvalue weighted by molar-refractivity contribution is 5.79. The Morgan fingerprint density at radius 3 is 2.33 bits per heavy atom. The van der Waals surface area contributed by atoms with E-state index in [9.17, 15) is 9.59 Å². The topological polar surface area (TPSA) is 49.4 Å². The molecule has 0 aliphatic heterocycles. The van der Waals surface area contributed by atoms with Crippen LogP contribution in [0.5, 0.6) is 0 Å². The number of nitrogens with zero attached hydrogens (tertiary/aromatic N) is 1. The van der Waals surface area contributed by atoms with Gasteiger partial charge in [0.2, 0.25) is 11.8 Å². The third-order valence-corrected chi connectivity index (χ3v) is 3.98.